The molecule has 1 saturated carbocycles. The molecule has 1 aromatic heterocycles. The van der Waals surface area contributed by atoms with Crippen molar-refractivity contribution in [3.05, 3.63) is 15.6 Å². The van der Waals surface area contributed by atoms with Crippen LogP contribution in [-0.4, -0.2) is 33.5 Å². The number of carboxylic acids is 1. The second-order valence-corrected chi connectivity index (χ2v) is 6.21. The molecule has 0 aromatic carbocycles. The fourth-order valence-corrected chi connectivity index (χ4v) is 3.41. The monoisotopic (exact) mass is 268 g/mol. The summed E-state index contributed by atoms with van der Waals surface area (Å²) >= 11 is 1.73. The van der Waals surface area contributed by atoms with Crippen molar-refractivity contribution in [1.82, 2.24) is 9.88 Å². The van der Waals surface area contributed by atoms with E-state index in [2.05, 4.69) is 16.8 Å². The fraction of sp³-hybridized carbons (Fsp3) is 0.692. The lowest BCUT2D eigenvalue weighted by Crippen LogP contribution is -2.31. The summed E-state index contributed by atoms with van der Waals surface area (Å²) < 4.78 is 0. The van der Waals surface area contributed by atoms with Crippen LogP contribution in [0.1, 0.15) is 47.8 Å². The first-order valence-electron chi connectivity index (χ1n) is 6.40. The normalized spacial score (nSPS) is 17.1. The molecule has 1 atom stereocenters. The summed E-state index contributed by atoms with van der Waals surface area (Å²) in [6.45, 7) is 6.86. The Morgan fingerprint density at radius 2 is 2.22 bits per heavy atom. The third kappa shape index (κ3) is 3.09. The molecular formula is C13H20N2O2S. The molecule has 1 aliphatic carbocycles. The van der Waals surface area contributed by atoms with Crippen molar-refractivity contribution >= 4 is 17.3 Å². The number of carboxylic acid groups (broad SMARTS) is 1. The van der Waals surface area contributed by atoms with E-state index in [4.69, 9.17) is 5.11 Å². The van der Waals surface area contributed by atoms with Crippen molar-refractivity contribution in [2.75, 3.05) is 6.54 Å². The summed E-state index contributed by atoms with van der Waals surface area (Å²) in [7, 11) is 0. The van der Waals surface area contributed by atoms with Crippen LogP contribution in [0.25, 0.3) is 0 Å². The molecule has 0 radical (unpaired) electrons. The van der Waals surface area contributed by atoms with Crippen LogP contribution in [0.4, 0.5) is 0 Å². The quantitative estimate of drug-likeness (QED) is 0.862. The second-order valence-electron chi connectivity index (χ2n) is 4.97. The standard InChI is InChI=1S/C13H20N2O2S/c1-8-13(18-10(3)14-8)9(2)15(11-4-5-11)7-6-12(16)17/h9,11H,4-7H2,1-3H3,(H,16,17). The number of carbonyl (C=O) groups is 1. The molecule has 2 rings (SSSR count). The Bertz CT molecular complexity index is 440. The Labute approximate surface area is 112 Å². The van der Waals surface area contributed by atoms with Crippen LogP contribution in [0.5, 0.6) is 0 Å². The molecule has 0 spiro atoms. The minimum Gasteiger partial charge on any atom is -0.481 e. The van der Waals surface area contributed by atoms with Gasteiger partial charge in [0.15, 0.2) is 0 Å². The van der Waals surface area contributed by atoms with Crippen molar-refractivity contribution in [2.24, 2.45) is 0 Å². The summed E-state index contributed by atoms with van der Waals surface area (Å²) in [6.07, 6.45) is 2.61. The molecular weight excluding hydrogens is 248 g/mol. The zero-order valence-electron chi connectivity index (χ0n) is 11.1. The highest BCUT2D eigenvalue weighted by molar-refractivity contribution is 7.11. The molecule has 1 unspecified atom stereocenters. The van der Waals surface area contributed by atoms with E-state index in [9.17, 15) is 4.79 Å². The smallest absolute Gasteiger partial charge is 0.304 e. The van der Waals surface area contributed by atoms with Gasteiger partial charge in [0.1, 0.15) is 0 Å². The molecule has 0 saturated heterocycles. The van der Waals surface area contributed by atoms with Crippen molar-refractivity contribution in [3.8, 4) is 0 Å². The number of hydrogen-bond donors (Lipinski definition) is 1. The van der Waals surface area contributed by atoms with Crippen LogP contribution >= 0.6 is 11.3 Å². The first-order valence-corrected chi connectivity index (χ1v) is 7.22. The van der Waals surface area contributed by atoms with E-state index in [1.165, 1.54) is 17.7 Å². The molecule has 1 fully saturated rings. The number of thiazole rings is 1. The predicted octanol–water partition coefficient (Wildman–Crippen LogP) is 2.76. The van der Waals surface area contributed by atoms with Crippen LogP contribution in [-0.2, 0) is 4.79 Å². The summed E-state index contributed by atoms with van der Waals surface area (Å²) in [4.78, 5) is 18.8. The van der Waals surface area contributed by atoms with E-state index in [0.29, 0.717) is 12.6 Å². The molecule has 18 heavy (non-hydrogen) atoms. The van der Waals surface area contributed by atoms with E-state index in [0.717, 1.165) is 10.7 Å². The Balaban J connectivity index is 2.10. The average molecular weight is 268 g/mol. The molecule has 1 aliphatic rings. The maximum atomic E-state index is 10.7. The fourth-order valence-electron chi connectivity index (χ4n) is 2.41. The molecule has 4 nitrogen and oxygen atoms in total. The maximum absolute atomic E-state index is 10.7. The molecule has 100 valence electrons. The number of aryl methyl sites for hydroxylation is 2. The Kier molecular flexibility index (Phi) is 4.02. The van der Waals surface area contributed by atoms with Crippen LogP contribution < -0.4 is 0 Å². The largest absolute Gasteiger partial charge is 0.481 e. The van der Waals surface area contributed by atoms with Gasteiger partial charge in [-0.2, -0.15) is 0 Å². The average Bonchev–Trinajstić information content (AvgIpc) is 3.04. The van der Waals surface area contributed by atoms with Gasteiger partial charge >= 0.3 is 5.97 Å². The lowest BCUT2D eigenvalue weighted by molar-refractivity contribution is -0.137. The van der Waals surface area contributed by atoms with E-state index >= 15 is 0 Å². The SMILES string of the molecule is Cc1nc(C)c(C(C)N(CCC(=O)O)C2CC2)s1. The van der Waals surface area contributed by atoms with Gasteiger partial charge in [-0.15, -0.1) is 11.3 Å². The highest BCUT2D eigenvalue weighted by atomic mass is 32.1. The third-order valence-electron chi connectivity index (χ3n) is 3.42. The van der Waals surface area contributed by atoms with Gasteiger partial charge in [-0.25, -0.2) is 4.98 Å². The lowest BCUT2D eigenvalue weighted by atomic mass is 10.2. The van der Waals surface area contributed by atoms with E-state index in [1.807, 2.05) is 13.8 Å². The molecule has 1 N–H and O–H groups in total. The van der Waals surface area contributed by atoms with Crippen molar-refractivity contribution in [3.63, 3.8) is 0 Å². The van der Waals surface area contributed by atoms with Gasteiger partial charge in [0.2, 0.25) is 0 Å². The molecule has 1 aromatic rings. The number of hydrogen-bond acceptors (Lipinski definition) is 4. The summed E-state index contributed by atoms with van der Waals surface area (Å²) in [5, 5.41) is 9.93. The van der Waals surface area contributed by atoms with E-state index in [1.54, 1.807) is 11.3 Å². The van der Waals surface area contributed by atoms with Crippen LogP contribution in [0.3, 0.4) is 0 Å². The maximum Gasteiger partial charge on any atom is 0.304 e. The zero-order chi connectivity index (χ0) is 13.3. The van der Waals surface area contributed by atoms with Crippen molar-refractivity contribution in [2.45, 2.75) is 52.1 Å². The minimum atomic E-state index is -0.718. The summed E-state index contributed by atoms with van der Waals surface area (Å²) in [6, 6.07) is 0.851. The topological polar surface area (TPSA) is 53.4 Å². The molecule has 0 aliphatic heterocycles. The van der Waals surface area contributed by atoms with Gasteiger partial charge in [-0.05, 0) is 33.6 Å². The highest BCUT2D eigenvalue weighted by Gasteiger charge is 2.34. The van der Waals surface area contributed by atoms with Crippen LogP contribution in [0, 0.1) is 13.8 Å². The number of nitrogens with zero attached hydrogens (tertiary/aromatic N) is 2. The van der Waals surface area contributed by atoms with Crippen molar-refractivity contribution in [1.29, 1.82) is 0 Å². The van der Waals surface area contributed by atoms with E-state index in [-0.39, 0.29) is 12.5 Å². The first-order chi connectivity index (χ1) is 8.49. The summed E-state index contributed by atoms with van der Waals surface area (Å²) in [5.41, 5.74) is 1.09. The Hall–Kier alpha value is -0.940. The number of rotatable bonds is 6. The molecule has 5 heteroatoms. The van der Waals surface area contributed by atoms with Gasteiger partial charge in [0.25, 0.3) is 0 Å². The van der Waals surface area contributed by atoms with Gasteiger partial charge in [0, 0.05) is 23.5 Å². The van der Waals surface area contributed by atoms with Gasteiger partial charge in [-0.3, -0.25) is 9.69 Å². The van der Waals surface area contributed by atoms with Gasteiger partial charge in [-0.1, -0.05) is 0 Å². The lowest BCUT2D eigenvalue weighted by Gasteiger charge is -2.28. The molecule has 1 heterocycles. The number of aromatic nitrogens is 1. The van der Waals surface area contributed by atoms with Crippen molar-refractivity contribution < 1.29 is 9.90 Å². The first kappa shape index (κ1) is 13.5. The minimum absolute atomic E-state index is 0.220. The third-order valence-corrected chi connectivity index (χ3v) is 4.66. The van der Waals surface area contributed by atoms with Gasteiger partial charge in [0.05, 0.1) is 17.1 Å². The Morgan fingerprint density at radius 3 is 2.67 bits per heavy atom. The predicted molar refractivity (Wildman–Crippen MR) is 72.0 cm³/mol. The molecule has 0 amide bonds. The van der Waals surface area contributed by atoms with Crippen LogP contribution in [0.15, 0.2) is 0 Å². The summed E-state index contributed by atoms with van der Waals surface area (Å²) in [5.74, 6) is -0.718. The van der Waals surface area contributed by atoms with E-state index < -0.39 is 5.97 Å². The number of aliphatic carboxylic acids is 1. The van der Waals surface area contributed by atoms with Gasteiger partial charge < -0.3 is 5.11 Å². The highest BCUT2D eigenvalue weighted by Crippen LogP contribution is 2.37. The zero-order valence-corrected chi connectivity index (χ0v) is 12.0. The second kappa shape index (κ2) is 5.36. The van der Waals surface area contributed by atoms with Crippen LogP contribution in [0.2, 0.25) is 0 Å². The molecule has 0 bridgehead atoms. The Morgan fingerprint density at radius 1 is 1.56 bits per heavy atom.